The summed E-state index contributed by atoms with van der Waals surface area (Å²) in [6.07, 6.45) is 19.6. The van der Waals surface area contributed by atoms with Crippen LogP contribution in [0.2, 0.25) is 0 Å². The molecule has 1 unspecified atom stereocenters. The Morgan fingerprint density at radius 3 is 1.75 bits per heavy atom. The zero-order valence-corrected chi connectivity index (χ0v) is 25.1. The van der Waals surface area contributed by atoms with Crippen LogP contribution in [0.5, 0.6) is 0 Å². The van der Waals surface area contributed by atoms with Crippen LogP contribution in [0.25, 0.3) is 5.69 Å². The van der Waals surface area contributed by atoms with Crippen LogP contribution < -0.4 is 4.57 Å². The van der Waals surface area contributed by atoms with Crippen LogP contribution in [0.1, 0.15) is 113 Å². The van der Waals surface area contributed by atoms with Crippen molar-refractivity contribution in [3.63, 3.8) is 0 Å². The molecule has 212 valence electrons. The van der Waals surface area contributed by atoms with Gasteiger partial charge in [-0.05, 0) is 42.0 Å². The smallest absolute Gasteiger partial charge is 0.233 e. The second kappa shape index (κ2) is 16.9. The molecule has 0 amide bonds. The Kier molecular flexibility index (Phi) is 12.6. The lowest BCUT2D eigenvalue weighted by molar-refractivity contribution is -0.612. The number of rotatable bonds is 18. The van der Waals surface area contributed by atoms with E-state index >= 15 is 0 Å². The second-order valence-corrected chi connectivity index (χ2v) is 11.6. The minimum Gasteiger partial charge on any atom is -0.233 e. The summed E-state index contributed by atoms with van der Waals surface area (Å²) in [5.74, 6) is 1.85. The van der Waals surface area contributed by atoms with Crippen molar-refractivity contribution in [2.24, 2.45) is 0 Å². The van der Waals surface area contributed by atoms with Gasteiger partial charge in [0.15, 0.2) is 0 Å². The molecule has 0 spiro atoms. The van der Waals surface area contributed by atoms with Gasteiger partial charge in [0, 0.05) is 6.42 Å². The van der Waals surface area contributed by atoms with Crippen LogP contribution in [-0.2, 0) is 19.4 Å². The van der Waals surface area contributed by atoms with Gasteiger partial charge in [0.2, 0.25) is 0 Å². The molecule has 4 rings (SSSR count). The molecule has 1 atom stereocenters. The summed E-state index contributed by atoms with van der Waals surface area (Å²) in [5.41, 5.74) is 5.44. The molecule has 0 aliphatic rings. The summed E-state index contributed by atoms with van der Waals surface area (Å²) in [7, 11) is 0. The highest BCUT2D eigenvalue weighted by molar-refractivity contribution is 5.26. The summed E-state index contributed by atoms with van der Waals surface area (Å²) in [6, 6.07) is 32.9. The van der Waals surface area contributed by atoms with Crippen molar-refractivity contribution in [1.29, 1.82) is 0 Å². The number of imidazole rings is 1. The highest BCUT2D eigenvalue weighted by Crippen LogP contribution is 2.22. The maximum atomic E-state index is 2.57. The molecule has 2 nitrogen and oxygen atoms in total. The van der Waals surface area contributed by atoms with Crippen LogP contribution >= 0.6 is 0 Å². The lowest BCUT2D eigenvalue weighted by atomic mass is 9.96. The summed E-state index contributed by atoms with van der Waals surface area (Å²) in [4.78, 5) is 0. The van der Waals surface area contributed by atoms with E-state index in [2.05, 4.69) is 120 Å². The van der Waals surface area contributed by atoms with Crippen LogP contribution in [0.4, 0.5) is 0 Å². The van der Waals surface area contributed by atoms with E-state index in [0.717, 1.165) is 19.4 Å². The van der Waals surface area contributed by atoms with E-state index in [1.54, 1.807) is 0 Å². The van der Waals surface area contributed by atoms with E-state index in [-0.39, 0.29) is 0 Å². The Morgan fingerprint density at radius 2 is 1.15 bits per heavy atom. The molecule has 0 saturated heterocycles. The standard InChI is InChI=1S/C38H51N2/c1-3-4-5-6-7-8-9-10-11-12-22-29-39-32-37(30-33(2)35-25-18-14-19-26-35)40(36-27-20-15-21-28-36)38(39)31-34-23-16-13-17-24-34/h13-21,23-28,32-33H,3-12,22,29-31H2,1-2H3/q+1. The summed E-state index contributed by atoms with van der Waals surface area (Å²) in [6.45, 7) is 5.75. The molecular weight excluding hydrogens is 484 g/mol. The number of hydrogen-bond donors (Lipinski definition) is 0. The molecule has 40 heavy (non-hydrogen) atoms. The highest BCUT2D eigenvalue weighted by Gasteiger charge is 2.26. The predicted molar refractivity (Wildman–Crippen MR) is 170 cm³/mol. The van der Waals surface area contributed by atoms with Gasteiger partial charge < -0.3 is 0 Å². The van der Waals surface area contributed by atoms with Gasteiger partial charge in [0.1, 0.15) is 17.6 Å². The minimum absolute atomic E-state index is 0.457. The summed E-state index contributed by atoms with van der Waals surface area (Å²) in [5, 5.41) is 0. The summed E-state index contributed by atoms with van der Waals surface area (Å²) < 4.78 is 5.12. The largest absolute Gasteiger partial charge is 0.266 e. The van der Waals surface area contributed by atoms with Crippen molar-refractivity contribution in [2.75, 3.05) is 0 Å². The van der Waals surface area contributed by atoms with Crippen molar-refractivity contribution in [1.82, 2.24) is 4.57 Å². The topological polar surface area (TPSA) is 8.81 Å². The van der Waals surface area contributed by atoms with Crippen LogP contribution in [0.15, 0.2) is 97.2 Å². The Labute approximate surface area is 244 Å². The first-order valence-corrected chi connectivity index (χ1v) is 16.0. The fourth-order valence-electron chi connectivity index (χ4n) is 5.95. The SMILES string of the molecule is CCCCCCCCCCCCCn1cc(CC(C)c2ccccc2)[n+](-c2ccccc2)c1Cc1ccccc1. The third-order valence-corrected chi connectivity index (χ3v) is 8.29. The van der Waals surface area contributed by atoms with Gasteiger partial charge in [-0.3, -0.25) is 0 Å². The lowest BCUT2D eigenvalue weighted by Gasteiger charge is -2.11. The quantitative estimate of drug-likeness (QED) is 0.0885. The molecule has 0 aliphatic heterocycles. The highest BCUT2D eigenvalue weighted by atomic mass is 15.2. The van der Waals surface area contributed by atoms with Gasteiger partial charge in [-0.1, -0.05) is 150 Å². The number of para-hydroxylation sites is 1. The molecule has 0 radical (unpaired) electrons. The van der Waals surface area contributed by atoms with Gasteiger partial charge in [0.25, 0.3) is 5.82 Å². The number of benzene rings is 3. The monoisotopic (exact) mass is 535 g/mol. The van der Waals surface area contributed by atoms with E-state index in [9.17, 15) is 0 Å². The van der Waals surface area contributed by atoms with E-state index < -0.39 is 0 Å². The fraction of sp³-hybridized carbons (Fsp3) is 0.447. The molecule has 0 bridgehead atoms. The van der Waals surface area contributed by atoms with Crippen molar-refractivity contribution in [3.05, 3.63) is 120 Å². The molecule has 0 aliphatic carbocycles. The fourth-order valence-corrected chi connectivity index (χ4v) is 5.95. The first-order valence-electron chi connectivity index (χ1n) is 16.0. The van der Waals surface area contributed by atoms with Crippen molar-refractivity contribution in [3.8, 4) is 5.69 Å². The minimum atomic E-state index is 0.457. The first-order chi connectivity index (χ1) is 19.8. The Bertz CT molecular complexity index is 1210. The Balaban J connectivity index is 1.48. The zero-order valence-electron chi connectivity index (χ0n) is 25.1. The molecule has 2 heteroatoms. The van der Waals surface area contributed by atoms with Gasteiger partial charge in [0.05, 0.1) is 13.0 Å². The van der Waals surface area contributed by atoms with Gasteiger partial charge in [-0.25, -0.2) is 4.57 Å². The van der Waals surface area contributed by atoms with Crippen molar-refractivity contribution in [2.45, 2.75) is 110 Å². The van der Waals surface area contributed by atoms with E-state index in [1.165, 1.54) is 99.0 Å². The van der Waals surface area contributed by atoms with Crippen LogP contribution in [0, 0.1) is 0 Å². The second-order valence-electron chi connectivity index (χ2n) is 11.6. The first kappa shape index (κ1) is 29.8. The molecule has 0 fully saturated rings. The maximum Gasteiger partial charge on any atom is 0.266 e. The van der Waals surface area contributed by atoms with Crippen LogP contribution in [-0.4, -0.2) is 4.57 Å². The molecular formula is C38H51N2+. The molecule has 3 aromatic carbocycles. The Hall–Kier alpha value is -3.13. The van der Waals surface area contributed by atoms with Gasteiger partial charge in [-0.2, -0.15) is 4.57 Å². The third kappa shape index (κ3) is 9.22. The summed E-state index contributed by atoms with van der Waals surface area (Å²) >= 11 is 0. The van der Waals surface area contributed by atoms with Crippen molar-refractivity contribution < 1.29 is 4.57 Å². The zero-order chi connectivity index (χ0) is 27.8. The van der Waals surface area contributed by atoms with Crippen LogP contribution in [0.3, 0.4) is 0 Å². The van der Waals surface area contributed by atoms with E-state index in [1.807, 2.05) is 0 Å². The molecule has 1 heterocycles. The van der Waals surface area contributed by atoms with E-state index in [0.29, 0.717) is 5.92 Å². The molecule has 4 aromatic rings. The average Bonchev–Trinajstić information content (AvgIpc) is 3.33. The number of aryl methyl sites for hydroxylation is 1. The lowest BCUT2D eigenvalue weighted by Crippen LogP contribution is -2.39. The Morgan fingerprint density at radius 1 is 0.625 bits per heavy atom. The number of nitrogens with zero attached hydrogens (tertiary/aromatic N) is 2. The normalized spacial score (nSPS) is 12.1. The van der Waals surface area contributed by atoms with Crippen molar-refractivity contribution >= 4 is 0 Å². The third-order valence-electron chi connectivity index (χ3n) is 8.29. The molecule has 0 N–H and O–H groups in total. The van der Waals surface area contributed by atoms with E-state index in [4.69, 9.17) is 0 Å². The average molecular weight is 536 g/mol. The van der Waals surface area contributed by atoms with Gasteiger partial charge >= 0.3 is 0 Å². The predicted octanol–water partition coefficient (Wildman–Crippen LogP) is 10.0. The van der Waals surface area contributed by atoms with Gasteiger partial charge in [-0.15, -0.1) is 0 Å². The number of hydrogen-bond acceptors (Lipinski definition) is 0. The number of aromatic nitrogens is 2. The molecule has 1 aromatic heterocycles. The number of unbranched alkanes of at least 4 members (excludes halogenated alkanes) is 10. The maximum absolute atomic E-state index is 2.57. The molecule has 0 saturated carbocycles.